The summed E-state index contributed by atoms with van der Waals surface area (Å²) in [5.41, 5.74) is 1.11. The topological polar surface area (TPSA) is 98.8 Å². The molecule has 1 amide bonds. The van der Waals surface area contributed by atoms with Crippen molar-refractivity contribution in [2.24, 2.45) is 0 Å². The summed E-state index contributed by atoms with van der Waals surface area (Å²) < 4.78 is 9.38. The molecule has 7 heteroatoms. The van der Waals surface area contributed by atoms with Gasteiger partial charge in [0.2, 0.25) is 0 Å². The number of ketones is 1. The Morgan fingerprint density at radius 1 is 0.857 bits per heavy atom. The third-order valence-corrected chi connectivity index (χ3v) is 3.47. The van der Waals surface area contributed by atoms with Gasteiger partial charge >= 0.3 is 11.9 Å². The maximum Gasteiger partial charge on any atom is 0.331 e. The summed E-state index contributed by atoms with van der Waals surface area (Å²) in [6, 6.07) is 15.2. The third-order valence-electron chi connectivity index (χ3n) is 3.47. The zero-order chi connectivity index (χ0) is 20.4. The standard InChI is InChI=1S/C21H19NO6/c1-2-27-19(24)12-13-20(25)28-14-18(23)22-17-11-7-6-10-16(17)21(26)15-8-4-3-5-9-15/h3-13H,2,14H2,1H3,(H,22,23)/b13-12+. The van der Waals surface area contributed by atoms with Gasteiger partial charge in [-0.2, -0.15) is 0 Å². The molecule has 0 unspecified atom stereocenters. The van der Waals surface area contributed by atoms with E-state index in [2.05, 4.69) is 10.1 Å². The minimum absolute atomic E-state index is 0.182. The molecule has 2 aromatic carbocycles. The lowest BCUT2D eigenvalue weighted by molar-refractivity contribution is -0.143. The Hall–Kier alpha value is -3.74. The normalized spacial score (nSPS) is 10.3. The van der Waals surface area contributed by atoms with Gasteiger partial charge in [0.15, 0.2) is 12.4 Å². The smallest absolute Gasteiger partial charge is 0.331 e. The summed E-state index contributed by atoms with van der Waals surface area (Å²) in [6.45, 7) is 1.25. The van der Waals surface area contributed by atoms with Crippen LogP contribution in [0.1, 0.15) is 22.8 Å². The quantitative estimate of drug-likeness (QED) is 0.429. The van der Waals surface area contributed by atoms with Crippen molar-refractivity contribution in [3.8, 4) is 0 Å². The van der Waals surface area contributed by atoms with Crippen LogP contribution >= 0.6 is 0 Å². The lowest BCUT2D eigenvalue weighted by atomic mass is 10.0. The van der Waals surface area contributed by atoms with Crippen LogP contribution in [0.4, 0.5) is 5.69 Å². The summed E-state index contributed by atoms with van der Waals surface area (Å²) in [6.07, 6.45) is 1.79. The average Bonchev–Trinajstić information content (AvgIpc) is 2.71. The van der Waals surface area contributed by atoms with Gasteiger partial charge < -0.3 is 14.8 Å². The molecule has 2 rings (SSSR count). The lowest BCUT2D eigenvalue weighted by Gasteiger charge is -2.10. The van der Waals surface area contributed by atoms with Gasteiger partial charge in [-0.15, -0.1) is 0 Å². The monoisotopic (exact) mass is 381 g/mol. The third kappa shape index (κ3) is 6.21. The zero-order valence-electron chi connectivity index (χ0n) is 15.2. The second-order valence-corrected chi connectivity index (χ2v) is 5.48. The van der Waals surface area contributed by atoms with Crippen molar-refractivity contribution in [1.29, 1.82) is 0 Å². The van der Waals surface area contributed by atoms with Gasteiger partial charge in [0.05, 0.1) is 12.3 Å². The number of para-hydroxylation sites is 1. The maximum absolute atomic E-state index is 12.6. The predicted octanol–water partition coefficient (Wildman–Crippen LogP) is 2.52. The van der Waals surface area contributed by atoms with Crippen molar-refractivity contribution < 1.29 is 28.7 Å². The van der Waals surface area contributed by atoms with Crippen LogP contribution in [0.2, 0.25) is 0 Å². The number of carbonyl (C=O) groups excluding carboxylic acids is 4. The molecule has 28 heavy (non-hydrogen) atoms. The molecule has 144 valence electrons. The largest absolute Gasteiger partial charge is 0.463 e. The van der Waals surface area contributed by atoms with E-state index in [9.17, 15) is 19.2 Å². The second-order valence-electron chi connectivity index (χ2n) is 5.48. The Bertz CT molecular complexity index is 889. The second kappa shape index (κ2) is 10.4. The van der Waals surface area contributed by atoms with Crippen LogP contribution in [0.3, 0.4) is 0 Å². The van der Waals surface area contributed by atoms with Crippen molar-refractivity contribution in [2.75, 3.05) is 18.5 Å². The molecule has 0 saturated heterocycles. The first-order valence-electron chi connectivity index (χ1n) is 8.51. The van der Waals surface area contributed by atoms with Crippen molar-refractivity contribution >= 4 is 29.3 Å². The molecule has 0 radical (unpaired) electrons. The first-order chi connectivity index (χ1) is 13.5. The van der Waals surface area contributed by atoms with Gasteiger partial charge in [0, 0.05) is 23.3 Å². The van der Waals surface area contributed by atoms with Gasteiger partial charge in [-0.05, 0) is 19.1 Å². The number of ether oxygens (including phenoxy) is 2. The van der Waals surface area contributed by atoms with Crippen LogP contribution < -0.4 is 5.32 Å². The van der Waals surface area contributed by atoms with Crippen molar-refractivity contribution in [2.45, 2.75) is 6.92 Å². The number of carbonyl (C=O) groups is 4. The van der Waals surface area contributed by atoms with Gasteiger partial charge in [0.25, 0.3) is 5.91 Å². The van der Waals surface area contributed by atoms with Crippen LogP contribution in [0.15, 0.2) is 66.7 Å². The summed E-state index contributed by atoms with van der Waals surface area (Å²) in [5, 5.41) is 2.55. The van der Waals surface area contributed by atoms with E-state index in [-0.39, 0.29) is 12.4 Å². The molecule has 0 bridgehead atoms. The summed E-state index contributed by atoms with van der Waals surface area (Å²) >= 11 is 0. The van der Waals surface area contributed by atoms with E-state index in [4.69, 9.17) is 4.74 Å². The minimum Gasteiger partial charge on any atom is -0.463 e. The average molecular weight is 381 g/mol. The van der Waals surface area contributed by atoms with Gasteiger partial charge in [-0.3, -0.25) is 9.59 Å². The summed E-state index contributed by atoms with van der Waals surface area (Å²) in [7, 11) is 0. The molecule has 0 aliphatic heterocycles. The lowest BCUT2D eigenvalue weighted by Crippen LogP contribution is -2.21. The molecule has 0 saturated carbocycles. The summed E-state index contributed by atoms with van der Waals surface area (Å²) in [5.74, 6) is -2.41. The SMILES string of the molecule is CCOC(=O)/C=C/C(=O)OCC(=O)Nc1ccccc1C(=O)c1ccccc1. The number of anilines is 1. The van der Waals surface area contributed by atoms with Crippen molar-refractivity contribution in [1.82, 2.24) is 0 Å². The molecule has 2 aromatic rings. The van der Waals surface area contributed by atoms with E-state index in [0.717, 1.165) is 12.2 Å². The molecule has 0 atom stereocenters. The summed E-state index contributed by atoms with van der Waals surface area (Å²) in [4.78, 5) is 47.3. The fraction of sp³-hybridized carbons (Fsp3) is 0.143. The highest BCUT2D eigenvalue weighted by Gasteiger charge is 2.15. The first-order valence-corrected chi connectivity index (χ1v) is 8.51. The molecule has 1 N–H and O–H groups in total. The highest BCUT2D eigenvalue weighted by molar-refractivity contribution is 6.13. The van der Waals surface area contributed by atoms with Crippen molar-refractivity contribution in [3.05, 3.63) is 77.9 Å². The van der Waals surface area contributed by atoms with Crippen LogP contribution in [0.25, 0.3) is 0 Å². The Labute approximate surface area is 162 Å². The molecular formula is C21H19NO6. The number of nitrogens with one attached hydrogen (secondary N) is 1. The van der Waals surface area contributed by atoms with Gasteiger partial charge in [-0.1, -0.05) is 42.5 Å². The molecule has 0 fully saturated rings. The fourth-order valence-electron chi connectivity index (χ4n) is 2.23. The van der Waals surface area contributed by atoms with Gasteiger partial charge in [0.1, 0.15) is 0 Å². The number of hydrogen-bond acceptors (Lipinski definition) is 6. The molecular weight excluding hydrogens is 362 g/mol. The van der Waals surface area contributed by atoms with E-state index < -0.39 is 24.5 Å². The Kier molecular flexibility index (Phi) is 7.65. The number of benzene rings is 2. The number of rotatable bonds is 8. The van der Waals surface area contributed by atoms with Crippen LogP contribution in [-0.4, -0.2) is 36.8 Å². The van der Waals surface area contributed by atoms with Crippen LogP contribution in [0, 0.1) is 0 Å². The van der Waals surface area contributed by atoms with Gasteiger partial charge in [-0.25, -0.2) is 9.59 Å². The number of amides is 1. The predicted molar refractivity (Wildman–Crippen MR) is 102 cm³/mol. The van der Waals surface area contributed by atoms with Crippen molar-refractivity contribution in [3.63, 3.8) is 0 Å². The van der Waals surface area contributed by atoms with E-state index >= 15 is 0 Å². The Morgan fingerprint density at radius 3 is 2.14 bits per heavy atom. The van der Waals surface area contributed by atoms with E-state index in [0.29, 0.717) is 16.8 Å². The fourth-order valence-corrected chi connectivity index (χ4v) is 2.23. The van der Waals surface area contributed by atoms with E-state index in [1.165, 1.54) is 0 Å². The number of hydrogen-bond donors (Lipinski definition) is 1. The minimum atomic E-state index is -0.864. The number of esters is 2. The Morgan fingerprint density at radius 2 is 1.46 bits per heavy atom. The maximum atomic E-state index is 12.6. The van der Waals surface area contributed by atoms with E-state index in [1.807, 2.05) is 0 Å². The molecule has 0 aliphatic carbocycles. The Balaban J connectivity index is 1.97. The molecule has 7 nitrogen and oxygen atoms in total. The molecule has 0 heterocycles. The molecule has 0 spiro atoms. The molecule has 0 aromatic heterocycles. The highest BCUT2D eigenvalue weighted by atomic mass is 16.5. The van der Waals surface area contributed by atoms with Crippen LogP contribution in [0.5, 0.6) is 0 Å². The van der Waals surface area contributed by atoms with E-state index in [1.54, 1.807) is 61.5 Å². The first kappa shape index (κ1) is 20.6. The molecule has 0 aliphatic rings. The zero-order valence-corrected chi connectivity index (χ0v) is 15.2. The highest BCUT2D eigenvalue weighted by Crippen LogP contribution is 2.19. The van der Waals surface area contributed by atoms with Crippen LogP contribution in [-0.2, 0) is 23.9 Å².